The van der Waals surface area contributed by atoms with Crippen LogP contribution in [0.15, 0.2) is 47.8 Å². The van der Waals surface area contributed by atoms with Crippen LogP contribution in [0.1, 0.15) is 25.9 Å². The maximum absolute atomic E-state index is 13.6. The first-order valence-corrected chi connectivity index (χ1v) is 10.4. The largest absolute Gasteiger partial charge is 0.483 e. The summed E-state index contributed by atoms with van der Waals surface area (Å²) in [6.07, 6.45) is 0. The Morgan fingerprint density at radius 1 is 1.07 bits per heavy atom. The van der Waals surface area contributed by atoms with Gasteiger partial charge in [-0.3, -0.25) is 9.59 Å². The van der Waals surface area contributed by atoms with Crippen LogP contribution >= 0.6 is 34.5 Å². The van der Waals surface area contributed by atoms with Crippen LogP contribution in [0.25, 0.3) is 0 Å². The molecule has 3 rings (SSSR count). The van der Waals surface area contributed by atoms with Crippen LogP contribution in [0.4, 0.5) is 4.39 Å². The van der Waals surface area contributed by atoms with Crippen molar-refractivity contribution in [3.63, 3.8) is 0 Å². The molecule has 1 aromatic heterocycles. The van der Waals surface area contributed by atoms with Crippen molar-refractivity contribution < 1.29 is 18.7 Å². The summed E-state index contributed by atoms with van der Waals surface area (Å²) < 4.78 is 18.9. The van der Waals surface area contributed by atoms with Crippen molar-refractivity contribution in [3.05, 3.63) is 80.0 Å². The number of halogens is 3. The highest BCUT2D eigenvalue weighted by atomic mass is 35.5. The topological polar surface area (TPSA) is 80.3 Å². The number of carbonyl (C=O) groups is 2. The average molecular weight is 468 g/mol. The number of hydrogen-bond acceptors (Lipinski definition) is 5. The van der Waals surface area contributed by atoms with Gasteiger partial charge in [-0.05, 0) is 30.3 Å². The lowest BCUT2D eigenvalue weighted by molar-refractivity contribution is 0.0925. The van der Waals surface area contributed by atoms with E-state index >= 15 is 0 Å². The highest BCUT2D eigenvalue weighted by Crippen LogP contribution is 2.21. The minimum Gasteiger partial charge on any atom is -0.483 e. The fourth-order valence-electron chi connectivity index (χ4n) is 2.39. The number of nitrogens with zero attached hydrogens (tertiary/aromatic N) is 1. The van der Waals surface area contributed by atoms with Gasteiger partial charge in [0.2, 0.25) is 0 Å². The van der Waals surface area contributed by atoms with E-state index in [2.05, 4.69) is 15.6 Å². The number of para-hydroxylation sites is 1. The maximum Gasteiger partial charge on any atom is 0.270 e. The molecule has 6 nitrogen and oxygen atoms in total. The zero-order chi connectivity index (χ0) is 21.5. The van der Waals surface area contributed by atoms with E-state index in [1.807, 2.05) is 0 Å². The molecule has 0 aliphatic carbocycles. The van der Waals surface area contributed by atoms with Gasteiger partial charge < -0.3 is 15.4 Å². The van der Waals surface area contributed by atoms with Crippen LogP contribution < -0.4 is 15.4 Å². The first kappa shape index (κ1) is 22.0. The number of rotatable bonds is 8. The van der Waals surface area contributed by atoms with Crippen molar-refractivity contribution in [1.82, 2.24) is 15.6 Å². The quantitative estimate of drug-likeness (QED) is 0.483. The molecular formula is C20H16Cl2FN3O3S. The number of carbonyl (C=O) groups excluding carboxylic acids is 2. The van der Waals surface area contributed by atoms with Gasteiger partial charge in [0.05, 0.1) is 10.6 Å². The lowest BCUT2D eigenvalue weighted by Gasteiger charge is -2.08. The molecule has 0 fully saturated rings. The Kier molecular flexibility index (Phi) is 7.62. The first-order valence-electron chi connectivity index (χ1n) is 8.77. The van der Waals surface area contributed by atoms with Gasteiger partial charge in [0.25, 0.3) is 11.8 Å². The SMILES string of the molecule is O=C(NCCNC(=O)c1ccc(Cl)cc1Cl)c1csc(COc2ccccc2F)n1. The highest BCUT2D eigenvalue weighted by Gasteiger charge is 2.13. The molecule has 0 radical (unpaired) electrons. The van der Waals surface area contributed by atoms with E-state index in [-0.39, 0.29) is 48.0 Å². The predicted molar refractivity (Wildman–Crippen MR) is 114 cm³/mol. The monoisotopic (exact) mass is 467 g/mol. The van der Waals surface area contributed by atoms with E-state index < -0.39 is 5.82 Å². The standard InChI is InChI=1S/C20H16Cl2FN3O3S/c21-12-5-6-13(14(22)9-12)19(27)24-7-8-25-20(28)16-11-30-18(26-16)10-29-17-4-2-1-3-15(17)23/h1-6,9,11H,7-8,10H2,(H,24,27)(H,25,28). The molecule has 3 aromatic rings. The summed E-state index contributed by atoms with van der Waals surface area (Å²) in [7, 11) is 0. The molecule has 156 valence electrons. The van der Waals surface area contributed by atoms with E-state index in [0.29, 0.717) is 15.6 Å². The zero-order valence-electron chi connectivity index (χ0n) is 15.5. The molecule has 0 spiro atoms. The second kappa shape index (κ2) is 10.4. The third-order valence-electron chi connectivity index (χ3n) is 3.84. The maximum atomic E-state index is 13.6. The van der Waals surface area contributed by atoms with Gasteiger partial charge in [0, 0.05) is 23.5 Å². The molecule has 0 aliphatic heterocycles. The summed E-state index contributed by atoms with van der Waals surface area (Å²) in [6.45, 7) is 0.460. The van der Waals surface area contributed by atoms with Crippen molar-refractivity contribution in [3.8, 4) is 5.75 Å². The smallest absolute Gasteiger partial charge is 0.270 e. The van der Waals surface area contributed by atoms with Gasteiger partial charge in [-0.15, -0.1) is 11.3 Å². The molecule has 2 amide bonds. The second-order valence-corrected chi connectivity index (χ2v) is 7.77. The van der Waals surface area contributed by atoms with Crippen molar-refractivity contribution in [1.29, 1.82) is 0 Å². The van der Waals surface area contributed by atoms with Crippen LogP contribution in [0, 0.1) is 5.82 Å². The molecule has 1 heterocycles. The number of ether oxygens (including phenoxy) is 1. The highest BCUT2D eigenvalue weighted by molar-refractivity contribution is 7.09. The van der Waals surface area contributed by atoms with Gasteiger partial charge in [0.1, 0.15) is 17.3 Å². The Morgan fingerprint density at radius 3 is 2.53 bits per heavy atom. The molecule has 0 unspecified atom stereocenters. The molecule has 0 bridgehead atoms. The van der Waals surface area contributed by atoms with Crippen LogP contribution in [-0.2, 0) is 6.61 Å². The lowest BCUT2D eigenvalue weighted by Crippen LogP contribution is -2.34. The van der Waals surface area contributed by atoms with E-state index in [0.717, 1.165) is 0 Å². The Hall–Kier alpha value is -2.68. The number of benzene rings is 2. The normalized spacial score (nSPS) is 10.5. The number of nitrogens with one attached hydrogen (secondary N) is 2. The molecular weight excluding hydrogens is 452 g/mol. The fourth-order valence-corrected chi connectivity index (χ4v) is 3.57. The molecule has 2 aromatic carbocycles. The number of hydrogen-bond donors (Lipinski definition) is 2. The van der Waals surface area contributed by atoms with Crippen LogP contribution in [0.3, 0.4) is 0 Å². The van der Waals surface area contributed by atoms with Crippen LogP contribution in [-0.4, -0.2) is 29.9 Å². The summed E-state index contributed by atoms with van der Waals surface area (Å²) >= 11 is 13.0. The summed E-state index contributed by atoms with van der Waals surface area (Å²) in [5.41, 5.74) is 0.519. The van der Waals surface area contributed by atoms with Crippen LogP contribution in [0.5, 0.6) is 5.75 Å². The number of amides is 2. The van der Waals surface area contributed by atoms with E-state index in [1.165, 1.54) is 35.6 Å². The van der Waals surface area contributed by atoms with Gasteiger partial charge in [-0.1, -0.05) is 35.3 Å². The molecule has 0 aliphatic rings. The van der Waals surface area contributed by atoms with Crippen molar-refractivity contribution in [2.24, 2.45) is 0 Å². The fraction of sp³-hybridized carbons (Fsp3) is 0.150. The summed E-state index contributed by atoms with van der Waals surface area (Å²) in [5, 5.41) is 8.13. The summed E-state index contributed by atoms with van der Waals surface area (Å²) in [5.74, 6) is -1.10. The third-order valence-corrected chi connectivity index (χ3v) is 5.21. The van der Waals surface area contributed by atoms with E-state index in [4.69, 9.17) is 27.9 Å². The Bertz CT molecular complexity index is 1060. The lowest BCUT2D eigenvalue weighted by atomic mass is 10.2. The van der Waals surface area contributed by atoms with Gasteiger partial charge in [-0.2, -0.15) is 0 Å². The first-order chi connectivity index (χ1) is 14.4. The summed E-state index contributed by atoms with van der Waals surface area (Å²) in [6, 6.07) is 10.6. The van der Waals surface area contributed by atoms with Crippen LogP contribution in [0.2, 0.25) is 10.0 Å². The second-order valence-electron chi connectivity index (χ2n) is 5.98. The molecule has 0 saturated heterocycles. The van der Waals surface area contributed by atoms with E-state index in [1.54, 1.807) is 23.6 Å². The summed E-state index contributed by atoms with van der Waals surface area (Å²) in [4.78, 5) is 28.5. The predicted octanol–water partition coefficient (Wildman–Crippen LogP) is 4.33. The zero-order valence-corrected chi connectivity index (χ0v) is 17.8. The number of aromatic nitrogens is 1. The molecule has 0 atom stereocenters. The minimum atomic E-state index is -0.464. The van der Waals surface area contributed by atoms with Crippen molar-refractivity contribution in [2.75, 3.05) is 13.1 Å². The van der Waals surface area contributed by atoms with Gasteiger partial charge >= 0.3 is 0 Å². The Balaban J connectivity index is 1.43. The van der Waals surface area contributed by atoms with Gasteiger partial charge in [-0.25, -0.2) is 9.37 Å². The van der Waals surface area contributed by atoms with Gasteiger partial charge in [0.15, 0.2) is 11.6 Å². The average Bonchev–Trinajstić information content (AvgIpc) is 3.19. The Morgan fingerprint density at radius 2 is 1.80 bits per heavy atom. The molecule has 0 saturated carbocycles. The minimum absolute atomic E-state index is 0.0524. The third kappa shape index (κ3) is 5.91. The van der Waals surface area contributed by atoms with Crippen molar-refractivity contribution >= 4 is 46.4 Å². The van der Waals surface area contributed by atoms with E-state index in [9.17, 15) is 14.0 Å². The number of thiazole rings is 1. The van der Waals surface area contributed by atoms with Crippen molar-refractivity contribution in [2.45, 2.75) is 6.61 Å². The molecule has 2 N–H and O–H groups in total. The Labute approximate surface area is 186 Å². The molecule has 30 heavy (non-hydrogen) atoms. The molecule has 10 heteroatoms.